The maximum atomic E-state index is 4.66. The summed E-state index contributed by atoms with van der Waals surface area (Å²) >= 11 is 1.73. The molecule has 0 atom stereocenters. The van der Waals surface area contributed by atoms with E-state index in [0.29, 0.717) is 0 Å². The maximum absolute atomic E-state index is 4.66. The van der Waals surface area contributed by atoms with E-state index < -0.39 is 0 Å². The van der Waals surface area contributed by atoms with E-state index >= 15 is 0 Å². The monoisotopic (exact) mass is 277 g/mol. The minimum atomic E-state index is 1.08. The molecule has 0 amide bonds. The molecule has 3 rings (SSSR count). The molecule has 1 heterocycles. The normalized spacial score (nSPS) is 11.1. The molecule has 0 N–H and O–H groups in total. The molecule has 0 radical (unpaired) electrons. The lowest BCUT2D eigenvalue weighted by Gasteiger charge is -1.92. The van der Waals surface area contributed by atoms with Gasteiger partial charge in [0.2, 0.25) is 0 Å². The van der Waals surface area contributed by atoms with Gasteiger partial charge in [0.25, 0.3) is 0 Å². The van der Waals surface area contributed by atoms with Gasteiger partial charge >= 0.3 is 0 Å². The number of aromatic nitrogens is 1. The van der Waals surface area contributed by atoms with Crippen molar-refractivity contribution in [3.8, 4) is 10.6 Å². The van der Waals surface area contributed by atoms with Crippen molar-refractivity contribution in [3.05, 3.63) is 76.8 Å². The second kappa shape index (κ2) is 5.85. The van der Waals surface area contributed by atoms with Crippen LogP contribution < -0.4 is 0 Å². The fourth-order valence-electron chi connectivity index (χ4n) is 2.00. The Morgan fingerprint density at radius 3 is 2.20 bits per heavy atom. The molecule has 0 saturated carbocycles. The maximum Gasteiger partial charge on any atom is 0.124 e. The van der Waals surface area contributed by atoms with Crippen molar-refractivity contribution >= 4 is 23.5 Å². The zero-order valence-corrected chi connectivity index (χ0v) is 12.1. The van der Waals surface area contributed by atoms with Gasteiger partial charge in [0.15, 0.2) is 0 Å². The summed E-state index contributed by atoms with van der Waals surface area (Å²) in [6, 6.07) is 20.7. The third kappa shape index (κ3) is 2.86. The van der Waals surface area contributed by atoms with Crippen molar-refractivity contribution < 1.29 is 0 Å². The fraction of sp³-hybridized carbons (Fsp3) is 0.0556. The zero-order valence-electron chi connectivity index (χ0n) is 11.3. The van der Waals surface area contributed by atoms with Crippen molar-refractivity contribution in [2.45, 2.75) is 6.92 Å². The van der Waals surface area contributed by atoms with E-state index in [1.54, 1.807) is 11.3 Å². The first kappa shape index (κ1) is 12.8. The third-order valence-corrected chi connectivity index (χ3v) is 4.25. The van der Waals surface area contributed by atoms with Gasteiger partial charge in [-0.25, -0.2) is 4.98 Å². The number of aryl methyl sites for hydroxylation is 1. The van der Waals surface area contributed by atoms with E-state index in [1.165, 1.54) is 16.0 Å². The van der Waals surface area contributed by atoms with Gasteiger partial charge in [0.05, 0.1) is 10.6 Å². The molecule has 0 saturated heterocycles. The lowest BCUT2D eigenvalue weighted by molar-refractivity contribution is 1.26. The molecule has 1 nitrogen and oxygen atoms in total. The fourth-order valence-corrected chi connectivity index (χ4v) is 2.98. The highest BCUT2D eigenvalue weighted by Crippen LogP contribution is 2.28. The molecule has 0 fully saturated rings. The van der Waals surface area contributed by atoms with Crippen molar-refractivity contribution in [2.75, 3.05) is 0 Å². The summed E-state index contributed by atoms with van der Waals surface area (Å²) in [4.78, 5) is 5.88. The van der Waals surface area contributed by atoms with Crippen LogP contribution in [0, 0.1) is 6.92 Å². The first-order chi connectivity index (χ1) is 9.83. The van der Waals surface area contributed by atoms with E-state index in [-0.39, 0.29) is 0 Å². The largest absolute Gasteiger partial charge is 0.241 e. The van der Waals surface area contributed by atoms with Crippen LogP contribution in [0.15, 0.2) is 60.7 Å². The van der Waals surface area contributed by atoms with Gasteiger partial charge in [0.1, 0.15) is 5.01 Å². The molecule has 0 aliphatic carbocycles. The van der Waals surface area contributed by atoms with Gasteiger partial charge in [0, 0.05) is 5.56 Å². The molecular formula is C18H15NS. The summed E-state index contributed by atoms with van der Waals surface area (Å²) < 4.78 is 0. The van der Waals surface area contributed by atoms with Crippen LogP contribution in [-0.4, -0.2) is 4.98 Å². The molecular weight excluding hydrogens is 262 g/mol. The molecule has 0 aliphatic heterocycles. The predicted molar refractivity (Wildman–Crippen MR) is 87.7 cm³/mol. The minimum Gasteiger partial charge on any atom is -0.241 e. The van der Waals surface area contributed by atoms with Crippen LogP contribution in [0.25, 0.3) is 22.7 Å². The number of hydrogen-bond donors (Lipinski definition) is 0. The van der Waals surface area contributed by atoms with E-state index in [9.17, 15) is 0 Å². The molecule has 1 aromatic heterocycles. The average Bonchev–Trinajstić information content (AvgIpc) is 2.88. The van der Waals surface area contributed by atoms with Gasteiger partial charge < -0.3 is 0 Å². The highest BCUT2D eigenvalue weighted by Gasteiger charge is 2.06. The molecule has 2 heteroatoms. The van der Waals surface area contributed by atoms with Crippen LogP contribution in [0.4, 0.5) is 0 Å². The van der Waals surface area contributed by atoms with Gasteiger partial charge in [-0.1, -0.05) is 66.7 Å². The van der Waals surface area contributed by atoms with Crippen molar-refractivity contribution in [2.24, 2.45) is 0 Å². The second-order valence-electron chi connectivity index (χ2n) is 4.58. The van der Waals surface area contributed by atoms with Crippen molar-refractivity contribution in [3.63, 3.8) is 0 Å². The standard InChI is InChI=1S/C18H15NS/c1-14-17(13-12-15-8-4-2-5-9-15)20-18(19-14)16-10-6-3-7-11-16/h2-13H,1H3/b13-12+. The molecule has 3 aromatic rings. The SMILES string of the molecule is Cc1nc(-c2ccccc2)sc1/C=C/c1ccccc1. The highest BCUT2D eigenvalue weighted by atomic mass is 32.1. The molecule has 0 spiro atoms. The van der Waals surface area contributed by atoms with Gasteiger partial charge in [-0.3, -0.25) is 0 Å². The van der Waals surface area contributed by atoms with Crippen LogP contribution in [0.5, 0.6) is 0 Å². The Labute approximate surface area is 123 Å². The minimum absolute atomic E-state index is 1.08. The van der Waals surface area contributed by atoms with Gasteiger partial charge in [-0.2, -0.15) is 0 Å². The number of hydrogen-bond acceptors (Lipinski definition) is 2. The molecule has 98 valence electrons. The lowest BCUT2D eigenvalue weighted by Crippen LogP contribution is -1.76. The number of benzene rings is 2. The van der Waals surface area contributed by atoms with E-state index in [1.807, 2.05) is 24.3 Å². The lowest BCUT2D eigenvalue weighted by atomic mass is 10.2. The Morgan fingerprint density at radius 1 is 0.850 bits per heavy atom. The van der Waals surface area contributed by atoms with Crippen LogP contribution in [0.2, 0.25) is 0 Å². The summed E-state index contributed by atoms with van der Waals surface area (Å²) in [5.41, 5.74) is 3.47. The van der Waals surface area contributed by atoms with E-state index in [0.717, 1.165) is 10.7 Å². The first-order valence-corrected chi connectivity index (χ1v) is 7.40. The molecule has 0 unspecified atom stereocenters. The number of nitrogens with zero attached hydrogens (tertiary/aromatic N) is 1. The Morgan fingerprint density at radius 2 is 1.50 bits per heavy atom. The predicted octanol–water partition coefficient (Wildman–Crippen LogP) is 5.29. The molecule has 2 aromatic carbocycles. The summed E-state index contributed by atoms with van der Waals surface area (Å²) in [5.74, 6) is 0. The quantitative estimate of drug-likeness (QED) is 0.634. The van der Waals surface area contributed by atoms with Crippen molar-refractivity contribution in [1.82, 2.24) is 4.98 Å². The first-order valence-electron chi connectivity index (χ1n) is 6.59. The Kier molecular flexibility index (Phi) is 3.75. The molecule has 0 aliphatic rings. The van der Waals surface area contributed by atoms with E-state index in [2.05, 4.69) is 60.5 Å². The molecule has 20 heavy (non-hydrogen) atoms. The molecule has 0 bridgehead atoms. The van der Waals surface area contributed by atoms with Crippen LogP contribution >= 0.6 is 11.3 Å². The smallest absolute Gasteiger partial charge is 0.124 e. The average molecular weight is 277 g/mol. The zero-order chi connectivity index (χ0) is 13.8. The summed E-state index contributed by atoms with van der Waals surface area (Å²) in [6.07, 6.45) is 4.28. The highest BCUT2D eigenvalue weighted by molar-refractivity contribution is 7.16. The Balaban J connectivity index is 1.89. The van der Waals surface area contributed by atoms with Crippen LogP contribution in [0.1, 0.15) is 16.1 Å². The summed E-state index contributed by atoms with van der Waals surface area (Å²) in [5, 5.41) is 1.08. The van der Waals surface area contributed by atoms with Gasteiger partial charge in [-0.05, 0) is 18.6 Å². The van der Waals surface area contributed by atoms with E-state index in [4.69, 9.17) is 0 Å². The Bertz CT molecular complexity index is 712. The second-order valence-corrected chi connectivity index (χ2v) is 5.61. The summed E-state index contributed by atoms with van der Waals surface area (Å²) in [6.45, 7) is 2.06. The topological polar surface area (TPSA) is 12.9 Å². The number of rotatable bonds is 3. The number of thiazole rings is 1. The summed E-state index contributed by atoms with van der Waals surface area (Å²) in [7, 11) is 0. The van der Waals surface area contributed by atoms with Crippen LogP contribution in [0.3, 0.4) is 0 Å². The van der Waals surface area contributed by atoms with Crippen molar-refractivity contribution in [1.29, 1.82) is 0 Å². The van der Waals surface area contributed by atoms with Crippen LogP contribution in [-0.2, 0) is 0 Å². The van der Waals surface area contributed by atoms with Gasteiger partial charge in [-0.15, -0.1) is 11.3 Å². The Hall–Kier alpha value is -2.19. The third-order valence-electron chi connectivity index (χ3n) is 3.08.